The summed E-state index contributed by atoms with van der Waals surface area (Å²) in [6.45, 7) is 3.60. The third-order valence-corrected chi connectivity index (χ3v) is 6.43. The van der Waals surface area contributed by atoms with Gasteiger partial charge >= 0.3 is 12.1 Å². The van der Waals surface area contributed by atoms with E-state index >= 15 is 0 Å². The summed E-state index contributed by atoms with van der Waals surface area (Å²) in [7, 11) is 0. The minimum atomic E-state index is -0.184. The van der Waals surface area contributed by atoms with Crippen molar-refractivity contribution in [1.82, 2.24) is 29.4 Å². The van der Waals surface area contributed by atoms with Crippen LogP contribution in [0.3, 0.4) is 0 Å². The van der Waals surface area contributed by atoms with Crippen molar-refractivity contribution in [2.24, 2.45) is 0 Å². The number of hydrogen-bond donors (Lipinski definition) is 0. The summed E-state index contributed by atoms with van der Waals surface area (Å²) in [4.78, 5) is 38.3. The third kappa shape index (κ3) is 2.68. The van der Waals surface area contributed by atoms with Crippen molar-refractivity contribution in [3.05, 3.63) is 71.8 Å². The van der Waals surface area contributed by atoms with Crippen LogP contribution in [0.5, 0.6) is 0 Å². The summed E-state index contributed by atoms with van der Waals surface area (Å²) in [5.74, 6) is 0. The van der Waals surface area contributed by atoms with Crippen LogP contribution in [0.4, 0.5) is 9.59 Å². The highest BCUT2D eigenvalue weighted by molar-refractivity contribution is 5.85. The zero-order chi connectivity index (χ0) is 20.2. The Morgan fingerprint density at radius 2 is 0.900 bits per heavy atom. The van der Waals surface area contributed by atoms with Gasteiger partial charge in [-0.3, -0.25) is 29.4 Å². The van der Waals surface area contributed by atoms with Gasteiger partial charge in [-0.25, -0.2) is 9.59 Å². The summed E-state index contributed by atoms with van der Waals surface area (Å²) >= 11 is 0. The van der Waals surface area contributed by atoms with E-state index in [1.807, 2.05) is 56.0 Å². The zero-order valence-corrected chi connectivity index (χ0v) is 16.7. The fourth-order valence-electron chi connectivity index (χ4n) is 5.17. The number of benzene rings is 2. The normalized spacial score (nSPS) is 26.0. The van der Waals surface area contributed by atoms with Gasteiger partial charge in [-0.05, 0) is 11.1 Å². The molecule has 2 aromatic carbocycles. The maximum absolute atomic E-state index is 13.3. The highest BCUT2D eigenvalue weighted by Crippen LogP contribution is 2.40. The first kappa shape index (κ1) is 17.7. The second-order valence-corrected chi connectivity index (χ2v) is 8.47. The Hall–Kier alpha value is -3.10. The monoisotopic (exact) mass is 404 g/mol. The molecular weight excluding hydrogens is 380 g/mol. The molecule has 154 valence electrons. The fourth-order valence-corrected chi connectivity index (χ4v) is 5.17. The average Bonchev–Trinajstić information content (AvgIpc) is 3.21. The third-order valence-electron chi connectivity index (χ3n) is 6.43. The van der Waals surface area contributed by atoms with Gasteiger partial charge < -0.3 is 0 Å². The molecule has 0 unspecified atom stereocenters. The van der Waals surface area contributed by atoms with Crippen LogP contribution in [0.2, 0.25) is 0 Å². The van der Waals surface area contributed by atoms with Crippen LogP contribution < -0.4 is 0 Å². The zero-order valence-electron chi connectivity index (χ0n) is 16.7. The van der Waals surface area contributed by atoms with E-state index in [1.54, 1.807) is 0 Å². The van der Waals surface area contributed by atoms with Crippen molar-refractivity contribution >= 4 is 12.1 Å². The first-order valence-corrected chi connectivity index (χ1v) is 10.4. The van der Waals surface area contributed by atoms with Crippen molar-refractivity contribution in [3.8, 4) is 0 Å². The molecule has 0 N–H and O–H groups in total. The molecule has 0 aromatic heterocycles. The molecule has 0 radical (unpaired) electrons. The van der Waals surface area contributed by atoms with Crippen LogP contribution in [0.1, 0.15) is 11.1 Å². The van der Waals surface area contributed by atoms with Gasteiger partial charge in [-0.1, -0.05) is 60.7 Å². The van der Waals surface area contributed by atoms with Gasteiger partial charge in [0.05, 0.1) is 26.7 Å². The van der Waals surface area contributed by atoms with Crippen LogP contribution in [0, 0.1) is 0 Å². The van der Waals surface area contributed by atoms with E-state index in [2.05, 4.69) is 34.1 Å². The number of carbonyl (C=O) groups excluding carboxylic acids is 2. The van der Waals surface area contributed by atoms with Gasteiger partial charge in [-0.2, -0.15) is 0 Å². The lowest BCUT2D eigenvalue weighted by Crippen LogP contribution is -2.60. The molecule has 0 aliphatic carbocycles. The minimum absolute atomic E-state index is 0.0167. The number of amides is 4. The molecule has 4 saturated heterocycles. The number of urea groups is 2. The Bertz CT molecular complexity index is 859. The Labute approximate surface area is 175 Å². The van der Waals surface area contributed by atoms with Gasteiger partial charge in [0.2, 0.25) is 0 Å². The smallest absolute Gasteiger partial charge is 0.287 e. The number of hydrogen-bond acceptors (Lipinski definition) is 4. The molecule has 2 aromatic rings. The predicted molar refractivity (Wildman–Crippen MR) is 109 cm³/mol. The number of carbonyl (C=O) groups is 2. The van der Waals surface area contributed by atoms with Crippen molar-refractivity contribution in [2.45, 2.75) is 25.4 Å². The van der Waals surface area contributed by atoms with Crippen LogP contribution in [-0.4, -0.2) is 80.5 Å². The lowest BCUT2D eigenvalue weighted by molar-refractivity contribution is -0.0278. The van der Waals surface area contributed by atoms with Crippen molar-refractivity contribution in [1.29, 1.82) is 0 Å². The van der Waals surface area contributed by atoms with E-state index in [4.69, 9.17) is 0 Å². The Kier molecular flexibility index (Phi) is 3.97. The molecule has 0 saturated carbocycles. The summed E-state index contributed by atoms with van der Waals surface area (Å²) in [6, 6.07) is 20.4. The lowest BCUT2D eigenvalue weighted by atomic mass is 10.2. The van der Waals surface area contributed by atoms with Gasteiger partial charge in [-0.15, -0.1) is 0 Å². The second kappa shape index (κ2) is 6.72. The van der Waals surface area contributed by atoms with E-state index in [9.17, 15) is 9.59 Å². The molecule has 4 fully saturated rings. The van der Waals surface area contributed by atoms with E-state index in [0.29, 0.717) is 39.8 Å². The SMILES string of the molecule is O=C1N2CN(Cc3ccccc3)CN3C(=O)N4CN(Cc5ccccc5)CN1C4C23. The van der Waals surface area contributed by atoms with E-state index in [1.165, 1.54) is 11.1 Å². The standard InChI is InChI=1S/C22H24N6O2/c29-21-25-13-23(11-17-7-3-1-4-8-17)14-26-19(25)20-27(21)15-24(16-28(20)22(26)30)12-18-9-5-2-6-10-18/h1-10,19-20H,11-16H2. The second-order valence-electron chi connectivity index (χ2n) is 8.47. The highest BCUT2D eigenvalue weighted by Gasteiger charge is 2.63. The molecule has 8 heteroatoms. The molecule has 0 atom stereocenters. The van der Waals surface area contributed by atoms with Gasteiger partial charge in [0.1, 0.15) is 0 Å². The van der Waals surface area contributed by atoms with Gasteiger partial charge in [0.25, 0.3) is 0 Å². The number of nitrogens with zero attached hydrogens (tertiary/aromatic N) is 6. The summed E-state index contributed by atoms with van der Waals surface area (Å²) in [6.07, 6.45) is -0.369. The maximum atomic E-state index is 13.3. The topological polar surface area (TPSA) is 53.6 Å². The first-order valence-electron chi connectivity index (χ1n) is 10.4. The molecular formula is C22H24N6O2. The quantitative estimate of drug-likeness (QED) is 0.782. The van der Waals surface area contributed by atoms with Crippen LogP contribution in [0.15, 0.2) is 60.7 Å². The molecule has 30 heavy (non-hydrogen) atoms. The largest absolute Gasteiger partial charge is 0.325 e. The van der Waals surface area contributed by atoms with E-state index < -0.39 is 0 Å². The molecule has 4 aliphatic heterocycles. The van der Waals surface area contributed by atoms with Crippen LogP contribution in [0.25, 0.3) is 0 Å². The molecule has 6 rings (SSSR count). The van der Waals surface area contributed by atoms with Gasteiger partial charge in [0.15, 0.2) is 12.3 Å². The van der Waals surface area contributed by atoms with Crippen LogP contribution >= 0.6 is 0 Å². The molecule has 0 bridgehead atoms. The fraction of sp³-hybridized carbons (Fsp3) is 0.364. The average molecular weight is 404 g/mol. The minimum Gasteiger partial charge on any atom is -0.287 e. The summed E-state index contributed by atoms with van der Waals surface area (Å²) < 4.78 is 0. The van der Waals surface area contributed by atoms with E-state index in [0.717, 1.165) is 0 Å². The van der Waals surface area contributed by atoms with Crippen molar-refractivity contribution in [2.75, 3.05) is 26.7 Å². The number of rotatable bonds is 4. The first-order chi connectivity index (χ1) is 14.7. The molecule has 4 heterocycles. The van der Waals surface area contributed by atoms with E-state index in [-0.39, 0.29) is 24.4 Å². The molecule has 4 amide bonds. The maximum Gasteiger partial charge on any atom is 0.325 e. The summed E-state index contributed by atoms with van der Waals surface area (Å²) in [5.41, 5.74) is 2.36. The molecule has 4 aliphatic rings. The molecule has 0 spiro atoms. The Morgan fingerprint density at radius 3 is 1.23 bits per heavy atom. The van der Waals surface area contributed by atoms with Gasteiger partial charge in [0, 0.05) is 13.1 Å². The van der Waals surface area contributed by atoms with Crippen molar-refractivity contribution < 1.29 is 9.59 Å². The molecule has 8 nitrogen and oxygen atoms in total. The van der Waals surface area contributed by atoms with Crippen molar-refractivity contribution in [3.63, 3.8) is 0 Å². The lowest BCUT2D eigenvalue weighted by Gasteiger charge is -2.42. The summed E-state index contributed by atoms with van der Waals surface area (Å²) in [5, 5.41) is 0. The predicted octanol–water partition coefficient (Wildman–Crippen LogP) is 1.98. The Morgan fingerprint density at radius 1 is 0.567 bits per heavy atom. The highest BCUT2D eigenvalue weighted by atomic mass is 16.2. The van der Waals surface area contributed by atoms with Crippen LogP contribution in [-0.2, 0) is 13.1 Å². The Balaban J connectivity index is 1.24.